The Morgan fingerprint density at radius 2 is 1.38 bits per heavy atom. The predicted molar refractivity (Wildman–Crippen MR) is 91.2 cm³/mol. The summed E-state index contributed by atoms with van der Waals surface area (Å²) in [6.07, 6.45) is 19.9. The van der Waals surface area contributed by atoms with Gasteiger partial charge in [-0.1, -0.05) is 56.9 Å². The van der Waals surface area contributed by atoms with Crippen LogP contribution >= 0.6 is 0 Å². The molecule has 0 spiro atoms. The fourth-order valence-corrected chi connectivity index (χ4v) is 2.11. The van der Waals surface area contributed by atoms with Gasteiger partial charge in [-0.25, -0.2) is 0 Å². The highest BCUT2D eigenvalue weighted by Crippen LogP contribution is 2.07. The first kappa shape index (κ1) is 20.4. The zero-order chi connectivity index (χ0) is 15.8. The first-order valence-electron chi connectivity index (χ1n) is 8.58. The molecule has 3 heteroatoms. The monoisotopic (exact) mass is 297 g/mol. The predicted octanol–water partition coefficient (Wildman–Crippen LogP) is 3.70. The Bertz CT molecular complexity index is 264. The molecule has 4 N–H and O–H groups in total. The number of unbranched alkanes of at least 4 members (excludes halogenated alkanes) is 8. The summed E-state index contributed by atoms with van der Waals surface area (Å²) < 4.78 is 0. The van der Waals surface area contributed by atoms with E-state index in [0.29, 0.717) is 0 Å². The summed E-state index contributed by atoms with van der Waals surface area (Å²) in [5.74, 6) is 0. The zero-order valence-corrected chi connectivity index (χ0v) is 13.7. The molecule has 0 heterocycles. The molecule has 0 aromatic rings. The standard InChI is InChI=1S/C18H35NO2/c1-2-3-4-5-6-7-8-9-10-11-12-13-14-15-18(21)17(19)16-20/h8-9,14-15,17-18,20-21H,2-7,10-13,16,19H2,1H3. The molecule has 0 aromatic carbocycles. The Morgan fingerprint density at radius 3 is 1.95 bits per heavy atom. The van der Waals surface area contributed by atoms with E-state index < -0.39 is 12.1 Å². The van der Waals surface area contributed by atoms with Gasteiger partial charge in [-0.2, -0.15) is 0 Å². The Hall–Kier alpha value is -0.640. The van der Waals surface area contributed by atoms with Crippen molar-refractivity contribution < 1.29 is 10.2 Å². The number of allylic oxidation sites excluding steroid dienone is 3. The van der Waals surface area contributed by atoms with Gasteiger partial charge < -0.3 is 15.9 Å². The van der Waals surface area contributed by atoms with Crippen molar-refractivity contribution in [3.05, 3.63) is 24.3 Å². The van der Waals surface area contributed by atoms with E-state index in [9.17, 15) is 5.11 Å². The third kappa shape index (κ3) is 14.1. The average molecular weight is 297 g/mol. The fraction of sp³-hybridized carbons (Fsp3) is 0.778. The molecule has 0 amide bonds. The highest BCUT2D eigenvalue weighted by atomic mass is 16.3. The van der Waals surface area contributed by atoms with Crippen molar-refractivity contribution in [3.63, 3.8) is 0 Å². The maximum Gasteiger partial charge on any atom is 0.0894 e. The molecule has 0 aromatic heterocycles. The van der Waals surface area contributed by atoms with Gasteiger partial charge in [0.15, 0.2) is 0 Å². The smallest absolute Gasteiger partial charge is 0.0894 e. The van der Waals surface area contributed by atoms with E-state index in [1.165, 1.54) is 44.9 Å². The van der Waals surface area contributed by atoms with Gasteiger partial charge in [0.05, 0.1) is 18.8 Å². The Kier molecular flexibility index (Phi) is 15.3. The molecule has 0 saturated heterocycles. The van der Waals surface area contributed by atoms with Crippen LogP contribution in [0.25, 0.3) is 0 Å². The van der Waals surface area contributed by atoms with Crippen molar-refractivity contribution in [3.8, 4) is 0 Å². The number of rotatable bonds is 14. The molecule has 2 atom stereocenters. The summed E-state index contributed by atoms with van der Waals surface area (Å²) in [6, 6.07) is -0.568. The van der Waals surface area contributed by atoms with Crippen molar-refractivity contribution in [2.45, 2.75) is 83.3 Å². The van der Waals surface area contributed by atoms with Gasteiger partial charge in [0, 0.05) is 0 Å². The third-order valence-corrected chi connectivity index (χ3v) is 3.62. The second-order valence-corrected chi connectivity index (χ2v) is 5.72. The van der Waals surface area contributed by atoms with Crippen LogP contribution in [0.15, 0.2) is 24.3 Å². The maximum atomic E-state index is 9.51. The molecule has 124 valence electrons. The zero-order valence-electron chi connectivity index (χ0n) is 13.7. The highest BCUT2D eigenvalue weighted by molar-refractivity contribution is 4.93. The minimum absolute atomic E-state index is 0.186. The lowest BCUT2D eigenvalue weighted by molar-refractivity contribution is 0.144. The van der Waals surface area contributed by atoms with E-state index in [1.807, 2.05) is 6.08 Å². The lowest BCUT2D eigenvalue weighted by atomic mass is 10.1. The highest BCUT2D eigenvalue weighted by Gasteiger charge is 2.08. The van der Waals surface area contributed by atoms with Crippen molar-refractivity contribution in [1.82, 2.24) is 0 Å². The molecule has 0 rings (SSSR count). The van der Waals surface area contributed by atoms with Gasteiger partial charge in [0.1, 0.15) is 0 Å². The number of aliphatic hydroxyl groups excluding tert-OH is 2. The SMILES string of the molecule is CCCCCCCC=CCCCCC=CC(O)C(N)CO. The van der Waals surface area contributed by atoms with E-state index >= 15 is 0 Å². The second-order valence-electron chi connectivity index (χ2n) is 5.72. The van der Waals surface area contributed by atoms with E-state index in [2.05, 4.69) is 19.1 Å². The number of hydrogen-bond donors (Lipinski definition) is 3. The topological polar surface area (TPSA) is 66.5 Å². The van der Waals surface area contributed by atoms with Crippen molar-refractivity contribution >= 4 is 0 Å². The van der Waals surface area contributed by atoms with E-state index in [-0.39, 0.29) is 6.61 Å². The summed E-state index contributed by atoms with van der Waals surface area (Å²) in [4.78, 5) is 0. The van der Waals surface area contributed by atoms with Gasteiger partial charge in [-0.3, -0.25) is 0 Å². The van der Waals surface area contributed by atoms with Crippen LogP contribution in [0.5, 0.6) is 0 Å². The van der Waals surface area contributed by atoms with Crippen LogP contribution in [-0.4, -0.2) is 29.0 Å². The van der Waals surface area contributed by atoms with Gasteiger partial charge in [-0.15, -0.1) is 0 Å². The van der Waals surface area contributed by atoms with Crippen LogP contribution in [0, 0.1) is 0 Å². The molecule has 2 unspecified atom stereocenters. The summed E-state index contributed by atoms with van der Waals surface area (Å²) >= 11 is 0. The van der Waals surface area contributed by atoms with Gasteiger partial charge in [0.2, 0.25) is 0 Å². The minimum Gasteiger partial charge on any atom is -0.395 e. The van der Waals surface area contributed by atoms with E-state index in [1.54, 1.807) is 6.08 Å². The van der Waals surface area contributed by atoms with Crippen LogP contribution in [-0.2, 0) is 0 Å². The molecular formula is C18H35NO2. The summed E-state index contributed by atoms with van der Waals surface area (Å²) in [7, 11) is 0. The van der Waals surface area contributed by atoms with Crippen LogP contribution in [0.3, 0.4) is 0 Å². The first-order chi connectivity index (χ1) is 10.2. The van der Waals surface area contributed by atoms with E-state index in [4.69, 9.17) is 10.8 Å². The number of nitrogens with two attached hydrogens (primary N) is 1. The summed E-state index contributed by atoms with van der Waals surface area (Å²) in [5.41, 5.74) is 5.50. The van der Waals surface area contributed by atoms with Gasteiger partial charge >= 0.3 is 0 Å². The van der Waals surface area contributed by atoms with Crippen molar-refractivity contribution in [2.24, 2.45) is 5.73 Å². The lowest BCUT2D eigenvalue weighted by Crippen LogP contribution is -2.36. The largest absolute Gasteiger partial charge is 0.395 e. The molecule has 3 nitrogen and oxygen atoms in total. The average Bonchev–Trinajstić information content (AvgIpc) is 2.50. The lowest BCUT2D eigenvalue weighted by Gasteiger charge is -2.11. The first-order valence-corrected chi connectivity index (χ1v) is 8.58. The molecule has 0 radical (unpaired) electrons. The van der Waals surface area contributed by atoms with E-state index in [0.717, 1.165) is 19.3 Å². The molecular weight excluding hydrogens is 262 g/mol. The molecule has 0 fully saturated rings. The van der Waals surface area contributed by atoms with Crippen LogP contribution in [0.1, 0.15) is 71.1 Å². The molecule has 0 aliphatic rings. The van der Waals surface area contributed by atoms with Crippen LogP contribution in [0.2, 0.25) is 0 Å². The number of aliphatic hydroxyl groups is 2. The summed E-state index contributed by atoms with van der Waals surface area (Å²) in [5, 5.41) is 18.3. The molecule has 0 aliphatic carbocycles. The fourth-order valence-electron chi connectivity index (χ4n) is 2.11. The molecule has 21 heavy (non-hydrogen) atoms. The van der Waals surface area contributed by atoms with Crippen LogP contribution < -0.4 is 5.73 Å². The van der Waals surface area contributed by atoms with Crippen molar-refractivity contribution in [1.29, 1.82) is 0 Å². The third-order valence-electron chi connectivity index (χ3n) is 3.62. The Balaban J connectivity index is 3.33. The quantitative estimate of drug-likeness (QED) is 0.338. The molecule has 0 saturated carbocycles. The van der Waals surface area contributed by atoms with Crippen molar-refractivity contribution in [2.75, 3.05) is 6.61 Å². The normalized spacial score (nSPS) is 15.0. The van der Waals surface area contributed by atoms with Gasteiger partial charge in [-0.05, 0) is 38.5 Å². The number of hydrogen-bond acceptors (Lipinski definition) is 3. The Morgan fingerprint density at radius 1 is 0.857 bits per heavy atom. The summed E-state index contributed by atoms with van der Waals surface area (Å²) in [6.45, 7) is 2.06. The second kappa shape index (κ2) is 15.7. The van der Waals surface area contributed by atoms with Crippen LogP contribution in [0.4, 0.5) is 0 Å². The minimum atomic E-state index is -0.734. The molecule has 0 bridgehead atoms. The maximum absolute atomic E-state index is 9.51. The van der Waals surface area contributed by atoms with Gasteiger partial charge in [0.25, 0.3) is 0 Å². The Labute approximate surface area is 130 Å². The molecule has 0 aliphatic heterocycles.